The van der Waals surface area contributed by atoms with Crippen LogP contribution in [0, 0.1) is 0 Å². The van der Waals surface area contributed by atoms with Crippen molar-refractivity contribution in [2.75, 3.05) is 6.26 Å². The summed E-state index contributed by atoms with van der Waals surface area (Å²) in [6.07, 6.45) is 8.17. The molecule has 0 aliphatic heterocycles. The molecule has 1 saturated carbocycles. The number of hydrogen-bond acceptors (Lipinski definition) is 3. The van der Waals surface area contributed by atoms with Crippen molar-refractivity contribution in [3.63, 3.8) is 0 Å². The lowest BCUT2D eigenvalue weighted by molar-refractivity contribution is 0.433. The molecular weight excluding hydrogens is 208 g/mol. The van der Waals surface area contributed by atoms with Crippen LogP contribution in [-0.2, 0) is 0 Å². The Morgan fingerprint density at radius 1 is 1.40 bits per heavy atom. The Balaban J connectivity index is 2.26. The van der Waals surface area contributed by atoms with Crippen molar-refractivity contribution >= 4 is 11.8 Å². The molecule has 0 saturated heterocycles. The van der Waals surface area contributed by atoms with Gasteiger partial charge in [-0.05, 0) is 19.1 Å². The van der Waals surface area contributed by atoms with Crippen molar-refractivity contribution in [1.29, 1.82) is 0 Å². The Bertz CT molecular complexity index is 382. The molecular formula is C11H16N2OS. The maximum atomic E-state index is 11.4. The predicted molar refractivity (Wildman–Crippen MR) is 62.5 cm³/mol. The Labute approximate surface area is 93.7 Å². The Morgan fingerprint density at radius 2 is 2.13 bits per heavy atom. The van der Waals surface area contributed by atoms with Gasteiger partial charge in [-0.25, -0.2) is 4.98 Å². The lowest BCUT2D eigenvalue weighted by atomic mass is 9.87. The van der Waals surface area contributed by atoms with Gasteiger partial charge in [0.1, 0.15) is 0 Å². The van der Waals surface area contributed by atoms with E-state index >= 15 is 0 Å². The number of nitrogens with one attached hydrogen (secondary N) is 1. The van der Waals surface area contributed by atoms with Crippen LogP contribution < -0.4 is 5.56 Å². The summed E-state index contributed by atoms with van der Waals surface area (Å²) in [5.74, 6) is 0.506. The first kappa shape index (κ1) is 10.7. The Hall–Kier alpha value is -0.770. The molecule has 1 heterocycles. The fourth-order valence-corrected chi connectivity index (χ4v) is 2.56. The zero-order valence-corrected chi connectivity index (χ0v) is 9.77. The van der Waals surface area contributed by atoms with Crippen LogP contribution in [0.15, 0.2) is 16.0 Å². The lowest BCUT2D eigenvalue weighted by Gasteiger charge is -2.20. The molecule has 0 amide bonds. The first-order chi connectivity index (χ1) is 7.29. The van der Waals surface area contributed by atoms with Gasteiger partial charge in [-0.3, -0.25) is 4.79 Å². The second kappa shape index (κ2) is 4.84. The minimum absolute atomic E-state index is 0.0186. The predicted octanol–water partition coefficient (Wildman–Crippen LogP) is 2.54. The minimum atomic E-state index is -0.0186. The molecule has 0 atom stereocenters. The molecule has 0 bridgehead atoms. The highest BCUT2D eigenvalue weighted by atomic mass is 32.2. The molecule has 0 spiro atoms. The molecule has 1 aliphatic rings. The van der Waals surface area contributed by atoms with Gasteiger partial charge in [-0.1, -0.05) is 31.0 Å². The number of H-pyrrole nitrogens is 1. The van der Waals surface area contributed by atoms with Gasteiger partial charge in [0.15, 0.2) is 5.16 Å². The third kappa shape index (κ3) is 2.62. The first-order valence-corrected chi connectivity index (χ1v) is 6.67. The summed E-state index contributed by atoms with van der Waals surface area (Å²) in [7, 11) is 0. The lowest BCUT2D eigenvalue weighted by Crippen LogP contribution is -2.14. The molecule has 1 fully saturated rings. The largest absolute Gasteiger partial charge is 0.301 e. The maximum Gasteiger partial charge on any atom is 0.251 e. The Morgan fingerprint density at radius 3 is 2.80 bits per heavy atom. The second-order valence-electron chi connectivity index (χ2n) is 4.01. The van der Waals surface area contributed by atoms with Crippen molar-refractivity contribution in [2.45, 2.75) is 43.2 Å². The second-order valence-corrected chi connectivity index (χ2v) is 4.81. The van der Waals surface area contributed by atoms with Crippen LogP contribution in [0.4, 0.5) is 0 Å². The minimum Gasteiger partial charge on any atom is -0.301 e. The highest BCUT2D eigenvalue weighted by molar-refractivity contribution is 7.98. The van der Waals surface area contributed by atoms with E-state index in [1.165, 1.54) is 43.9 Å². The van der Waals surface area contributed by atoms with E-state index in [1.54, 1.807) is 6.07 Å². The van der Waals surface area contributed by atoms with Crippen LogP contribution in [0.1, 0.15) is 43.7 Å². The van der Waals surface area contributed by atoms with E-state index in [-0.39, 0.29) is 5.56 Å². The highest BCUT2D eigenvalue weighted by Crippen LogP contribution is 2.31. The van der Waals surface area contributed by atoms with Crippen LogP contribution in [0.2, 0.25) is 0 Å². The SMILES string of the molecule is CSc1nc(C2CCCCC2)cc(=O)[nH]1. The normalized spacial score (nSPS) is 17.9. The average Bonchev–Trinajstić information content (AvgIpc) is 2.29. The van der Waals surface area contributed by atoms with Gasteiger partial charge in [0.05, 0.1) is 5.69 Å². The number of thioether (sulfide) groups is 1. The fraction of sp³-hybridized carbons (Fsp3) is 0.636. The summed E-state index contributed by atoms with van der Waals surface area (Å²) in [6.45, 7) is 0. The van der Waals surface area contributed by atoms with E-state index in [4.69, 9.17) is 0 Å². The zero-order valence-electron chi connectivity index (χ0n) is 8.95. The Kier molecular flexibility index (Phi) is 3.46. The number of rotatable bonds is 2. The van der Waals surface area contributed by atoms with Gasteiger partial charge in [0, 0.05) is 12.0 Å². The van der Waals surface area contributed by atoms with Crippen LogP contribution >= 0.6 is 11.8 Å². The van der Waals surface area contributed by atoms with E-state index in [0.29, 0.717) is 5.92 Å². The monoisotopic (exact) mass is 224 g/mol. The summed E-state index contributed by atoms with van der Waals surface area (Å²) in [5.41, 5.74) is 0.970. The van der Waals surface area contributed by atoms with Crippen LogP contribution in [0.25, 0.3) is 0 Å². The van der Waals surface area contributed by atoms with Crippen LogP contribution in [0.5, 0.6) is 0 Å². The number of aromatic nitrogens is 2. The van der Waals surface area contributed by atoms with E-state index in [9.17, 15) is 4.79 Å². The van der Waals surface area contributed by atoms with Gasteiger partial charge in [-0.15, -0.1) is 0 Å². The summed E-state index contributed by atoms with van der Waals surface area (Å²) < 4.78 is 0. The van der Waals surface area contributed by atoms with Crippen molar-refractivity contribution in [3.05, 3.63) is 22.1 Å². The van der Waals surface area contributed by atoms with Crippen molar-refractivity contribution in [1.82, 2.24) is 9.97 Å². The fourth-order valence-electron chi connectivity index (χ4n) is 2.16. The molecule has 1 aliphatic carbocycles. The summed E-state index contributed by atoms with van der Waals surface area (Å²) in [6, 6.07) is 1.66. The molecule has 1 aromatic heterocycles. The number of nitrogens with zero attached hydrogens (tertiary/aromatic N) is 1. The van der Waals surface area contributed by atoms with Crippen LogP contribution in [0.3, 0.4) is 0 Å². The summed E-state index contributed by atoms with van der Waals surface area (Å²) >= 11 is 1.49. The standard InChI is InChI=1S/C11H16N2OS/c1-15-11-12-9(7-10(14)13-11)8-5-3-2-4-6-8/h7-8H,2-6H2,1H3,(H,12,13,14). The van der Waals surface area contributed by atoms with Crippen LogP contribution in [-0.4, -0.2) is 16.2 Å². The van der Waals surface area contributed by atoms with Crippen molar-refractivity contribution in [2.24, 2.45) is 0 Å². The number of hydrogen-bond donors (Lipinski definition) is 1. The smallest absolute Gasteiger partial charge is 0.251 e. The summed E-state index contributed by atoms with van der Waals surface area (Å²) in [4.78, 5) is 18.6. The first-order valence-electron chi connectivity index (χ1n) is 5.45. The maximum absolute atomic E-state index is 11.4. The van der Waals surface area contributed by atoms with E-state index < -0.39 is 0 Å². The molecule has 2 rings (SSSR count). The molecule has 1 N–H and O–H groups in total. The van der Waals surface area contributed by atoms with E-state index in [0.717, 1.165) is 10.9 Å². The molecule has 0 radical (unpaired) electrons. The summed E-state index contributed by atoms with van der Waals surface area (Å²) in [5, 5.41) is 0.739. The molecule has 4 heteroatoms. The topological polar surface area (TPSA) is 45.8 Å². The molecule has 82 valence electrons. The van der Waals surface area contributed by atoms with Gasteiger partial charge < -0.3 is 4.98 Å². The van der Waals surface area contributed by atoms with Gasteiger partial charge >= 0.3 is 0 Å². The van der Waals surface area contributed by atoms with Gasteiger partial charge in [0.2, 0.25) is 0 Å². The van der Waals surface area contributed by atoms with E-state index in [2.05, 4.69) is 9.97 Å². The average molecular weight is 224 g/mol. The van der Waals surface area contributed by atoms with Gasteiger partial charge in [-0.2, -0.15) is 0 Å². The van der Waals surface area contributed by atoms with Crippen molar-refractivity contribution in [3.8, 4) is 0 Å². The molecule has 3 nitrogen and oxygen atoms in total. The third-order valence-electron chi connectivity index (χ3n) is 2.96. The third-order valence-corrected chi connectivity index (χ3v) is 3.54. The number of aromatic amines is 1. The van der Waals surface area contributed by atoms with E-state index in [1.807, 2.05) is 6.26 Å². The molecule has 15 heavy (non-hydrogen) atoms. The van der Waals surface area contributed by atoms with Gasteiger partial charge in [0.25, 0.3) is 5.56 Å². The van der Waals surface area contributed by atoms with Crippen molar-refractivity contribution < 1.29 is 0 Å². The molecule has 0 aromatic carbocycles. The quantitative estimate of drug-likeness (QED) is 0.620. The zero-order chi connectivity index (χ0) is 10.7. The highest BCUT2D eigenvalue weighted by Gasteiger charge is 2.17. The molecule has 1 aromatic rings. The molecule has 0 unspecified atom stereocenters.